The largest absolute Gasteiger partial charge is 0.483 e. The Kier molecular flexibility index (Phi) is 6.08. The molecule has 0 aliphatic carbocycles. The molecule has 2 aromatic carbocycles. The van der Waals surface area contributed by atoms with Crippen molar-refractivity contribution in [2.45, 2.75) is 38.5 Å². The number of rotatable bonds is 6. The van der Waals surface area contributed by atoms with Gasteiger partial charge in [0.15, 0.2) is 16.4 Å². The van der Waals surface area contributed by atoms with Crippen molar-refractivity contribution in [3.05, 3.63) is 53.1 Å². The fraction of sp³-hybridized carbons (Fsp3) is 0.350. The Morgan fingerprint density at radius 1 is 1.08 bits per heavy atom. The van der Waals surface area contributed by atoms with Gasteiger partial charge in [0.2, 0.25) is 0 Å². The van der Waals surface area contributed by atoms with E-state index in [0.29, 0.717) is 17.4 Å². The van der Waals surface area contributed by atoms with Crippen LogP contribution in [0.3, 0.4) is 0 Å². The second kappa shape index (κ2) is 7.91. The van der Waals surface area contributed by atoms with E-state index in [1.807, 2.05) is 25.1 Å². The summed E-state index contributed by atoms with van der Waals surface area (Å²) in [6.45, 7) is 7.78. The van der Waals surface area contributed by atoms with Gasteiger partial charge in [0.05, 0.1) is 4.90 Å². The molecule has 0 saturated carbocycles. The van der Waals surface area contributed by atoms with Crippen molar-refractivity contribution < 1.29 is 17.9 Å². The van der Waals surface area contributed by atoms with E-state index in [2.05, 4.69) is 19.2 Å². The zero-order chi connectivity index (χ0) is 19.5. The number of nitrogens with one attached hydrogen (secondary N) is 1. The van der Waals surface area contributed by atoms with E-state index >= 15 is 0 Å². The van der Waals surface area contributed by atoms with Crippen LogP contribution in [0.2, 0.25) is 0 Å². The van der Waals surface area contributed by atoms with Crippen LogP contribution < -0.4 is 10.1 Å². The Bertz CT molecular complexity index is 917. The molecule has 0 aromatic heterocycles. The Labute approximate surface area is 155 Å². The van der Waals surface area contributed by atoms with Crippen molar-refractivity contribution in [2.75, 3.05) is 18.2 Å². The molecule has 1 N–H and O–H groups in total. The molecule has 140 valence electrons. The number of benzene rings is 2. The lowest BCUT2D eigenvalue weighted by molar-refractivity contribution is -0.118. The van der Waals surface area contributed by atoms with Crippen LogP contribution in [0.25, 0.3) is 0 Å². The van der Waals surface area contributed by atoms with E-state index in [9.17, 15) is 13.2 Å². The van der Waals surface area contributed by atoms with Crippen molar-refractivity contribution >= 4 is 21.4 Å². The molecular weight excluding hydrogens is 350 g/mol. The summed E-state index contributed by atoms with van der Waals surface area (Å²) in [5.41, 5.74) is 3.35. The first-order valence-corrected chi connectivity index (χ1v) is 10.3. The summed E-state index contributed by atoms with van der Waals surface area (Å²) in [4.78, 5) is 12.4. The van der Waals surface area contributed by atoms with Crippen LogP contribution in [0, 0.1) is 13.8 Å². The number of carbonyl (C=O) groups excluding carboxylic acids is 1. The van der Waals surface area contributed by atoms with E-state index in [1.54, 1.807) is 13.0 Å². The van der Waals surface area contributed by atoms with Crippen molar-refractivity contribution in [3.63, 3.8) is 0 Å². The highest BCUT2D eigenvalue weighted by molar-refractivity contribution is 7.90. The molecule has 0 aliphatic heterocycles. The SMILES string of the molecule is Cc1ccc(S(C)(=O)=O)cc1NC(=O)COc1cc(C(C)C)ccc1C. The molecule has 0 spiro atoms. The first-order chi connectivity index (χ1) is 12.1. The number of ether oxygens (including phenoxy) is 1. The highest BCUT2D eigenvalue weighted by Crippen LogP contribution is 2.24. The quantitative estimate of drug-likeness (QED) is 0.832. The molecule has 26 heavy (non-hydrogen) atoms. The van der Waals surface area contributed by atoms with Gasteiger partial charge in [-0.15, -0.1) is 0 Å². The molecule has 0 bridgehead atoms. The molecule has 0 atom stereocenters. The van der Waals surface area contributed by atoms with Gasteiger partial charge < -0.3 is 10.1 Å². The first-order valence-electron chi connectivity index (χ1n) is 8.42. The normalized spacial score (nSPS) is 11.5. The number of carbonyl (C=O) groups is 1. The maximum atomic E-state index is 12.2. The fourth-order valence-electron chi connectivity index (χ4n) is 2.43. The molecule has 2 aromatic rings. The average molecular weight is 375 g/mol. The summed E-state index contributed by atoms with van der Waals surface area (Å²) in [6, 6.07) is 10.6. The lowest BCUT2D eigenvalue weighted by atomic mass is 10.0. The summed E-state index contributed by atoms with van der Waals surface area (Å²) in [5, 5.41) is 2.72. The van der Waals surface area contributed by atoms with Crippen molar-refractivity contribution in [1.29, 1.82) is 0 Å². The zero-order valence-electron chi connectivity index (χ0n) is 15.8. The summed E-state index contributed by atoms with van der Waals surface area (Å²) < 4.78 is 29.0. The lowest BCUT2D eigenvalue weighted by Crippen LogP contribution is -2.21. The monoisotopic (exact) mass is 375 g/mol. The van der Waals surface area contributed by atoms with Crippen LogP contribution in [0.15, 0.2) is 41.3 Å². The van der Waals surface area contributed by atoms with E-state index in [-0.39, 0.29) is 17.4 Å². The first kappa shape index (κ1) is 20.0. The fourth-order valence-corrected chi connectivity index (χ4v) is 3.07. The average Bonchev–Trinajstić information content (AvgIpc) is 2.54. The van der Waals surface area contributed by atoms with E-state index < -0.39 is 9.84 Å². The highest BCUT2D eigenvalue weighted by atomic mass is 32.2. The van der Waals surface area contributed by atoms with Crippen molar-refractivity contribution in [3.8, 4) is 5.75 Å². The van der Waals surface area contributed by atoms with Crippen LogP contribution in [0.1, 0.15) is 36.5 Å². The third-order valence-corrected chi connectivity index (χ3v) is 5.26. The molecule has 0 aliphatic rings. The molecule has 6 heteroatoms. The summed E-state index contributed by atoms with van der Waals surface area (Å²) in [7, 11) is -3.33. The molecular formula is C20H25NO4S. The lowest BCUT2D eigenvalue weighted by Gasteiger charge is -2.14. The van der Waals surface area contributed by atoms with Gasteiger partial charge >= 0.3 is 0 Å². The predicted molar refractivity (Wildman–Crippen MR) is 104 cm³/mol. The van der Waals surface area contributed by atoms with E-state index in [1.165, 1.54) is 12.1 Å². The van der Waals surface area contributed by atoms with Gasteiger partial charge in [0.25, 0.3) is 5.91 Å². The standard InChI is InChI=1S/C20H25NO4S/c1-13(2)16-8-6-15(4)19(10-16)25-12-20(22)21-18-11-17(26(5,23)24)9-7-14(18)3/h6-11,13H,12H2,1-5H3,(H,21,22). The Morgan fingerprint density at radius 2 is 1.73 bits per heavy atom. The van der Waals surface area contributed by atoms with Crippen LogP contribution >= 0.6 is 0 Å². The van der Waals surface area contributed by atoms with Gasteiger partial charge in [0.1, 0.15) is 5.75 Å². The topological polar surface area (TPSA) is 72.5 Å². The Hall–Kier alpha value is -2.34. The zero-order valence-corrected chi connectivity index (χ0v) is 16.6. The molecule has 2 rings (SSSR count). The third-order valence-electron chi connectivity index (χ3n) is 4.15. The van der Waals surface area contributed by atoms with Gasteiger partial charge in [0, 0.05) is 11.9 Å². The minimum atomic E-state index is -3.33. The second-order valence-electron chi connectivity index (χ2n) is 6.77. The van der Waals surface area contributed by atoms with Gasteiger partial charge in [-0.1, -0.05) is 32.0 Å². The maximum absolute atomic E-state index is 12.2. The van der Waals surface area contributed by atoms with Gasteiger partial charge in [-0.3, -0.25) is 4.79 Å². The predicted octanol–water partition coefficient (Wildman–Crippen LogP) is 3.85. The number of aryl methyl sites for hydroxylation is 2. The molecule has 0 saturated heterocycles. The molecule has 1 amide bonds. The summed E-state index contributed by atoms with van der Waals surface area (Å²) in [5.74, 6) is 0.703. The number of sulfone groups is 1. The van der Waals surface area contributed by atoms with Crippen molar-refractivity contribution in [2.24, 2.45) is 0 Å². The van der Waals surface area contributed by atoms with Gasteiger partial charge in [-0.05, 0) is 54.7 Å². The van der Waals surface area contributed by atoms with Crippen LogP contribution in [-0.2, 0) is 14.6 Å². The minimum absolute atomic E-state index is 0.148. The summed E-state index contributed by atoms with van der Waals surface area (Å²) >= 11 is 0. The van der Waals surface area contributed by atoms with Crippen LogP contribution in [0.5, 0.6) is 5.75 Å². The highest BCUT2D eigenvalue weighted by Gasteiger charge is 2.12. The molecule has 5 nitrogen and oxygen atoms in total. The summed E-state index contributed by atoms with van der Waals surface area (Å²) in [6.07, 6.45) is 1.14. The molecule has 0 fully saturated rings. The van der Waals surface area contributed by atoms with E-state index in [4.69, 9.17) is 4.74 Å². The number of amides is 1. The van der Waals surface area contributed by atoms with Crippen LogP contribution in [0.4, 0.5) is 5.69 Å². The molecule has 0 heterocycles. The molecule has 0 radical (unpaired) electrons. The second-order valence-corrected chi connectivity index (χ2v) is 8.78. The maximum Gasteiger partial charge on any atom is 0.262 e. The third kappa shape index (κ3) is 5.08. The van der Waals surface area contributed by atoms with Gasteiger partial charge in [-0.2, -0.15) is 0 Å². The molecule has 0 unspecified atom stereocenters. The number of hydrogen-bond donors (Lipinski definition) is 1. The number of hydrogen-bond acceptors (Lipinski definition) is 4. The van der Waals surface area contributed by atoms with E-state index in [0.717, 1.165) is 22.9 Å². The smallest absolute Gasteiger partial charge is 0.262 e. The number of anilines is 1. The Balaban J connectivity index is 2.10. The minimum Gasteiger partial charge on any atom is -0.483 e. The Morgan fingerprint density at radius 3 is 2.35 bits per heavy atom. The van der Waals surface area contributed by atoms with Crippen LogP contribution in [-0.4, -0.2) is 27.2 Å². The van der Waals surface area contributed by atoms with Crippen molar-refractivity contribution in [1.82, 2.24) is 0 Å². The van der Waals surface area contributed by atoms with Gasteiger partial charge in [-0.25, -0.2) is 8.42 Å².